The molecular weight excluding hydrogens is 422 g/mol. The predicted molar refractivity (Wildman–Crippen MR) is 124 cm³/mol. The van der Waals surface area contributed by atoms with Crippen LogP contribution in [-0.4, -0.2) is 50.5 Å². The second-order valence-electron chi connectivity index (χ2n) is 10.5. The van der Waals surface area contributed by atoms with Gasteiger partial charge in [0.15, 0.2) is 0 Å². The number of carbonyl (C=O) groups excluding carboxylic acids is 3. The van der Waals surface area contributed by atoms with Crippen LogP contribution < -0.4 is 5.32 Å². The summed E-state index contributed by atoms with van der Waals surface area (Å²) in [6.45, 7) is 9.57. The quantitative estimate of drug-likeness (QED) is 0.599. The number of nitrogens with zero attached hydrogens (tertiary/aromatic N) is 1. The van der Waals surface area contributed by atoms with Crippen molar-refractivity contribution < 1.29 is 24.2 Å². The van der Waals surface area contributed by atoms with Crippen molar-refractivity contribution in [2.75, 3.05) is 0 Å². The first-order valence-electron chi connectivity index (χ1n) is 11.6. The Morgan fingerprint density at radius 1 is 1.27 bits per heavy atom. The Morgan fingerprint density at radius 3 is 2.67 bits per heavy atom. The zero-order chi connectivity index (χ0) is 24.1. The van der Waals surface area contributed by atoms with E-state index in [2.05, 4.69) is 24.1 Å². The highest BCUT2D eigenvalue weighted by molar-refractivity contribution is 5.99. The maximum Gasteiger partial charge on any atom is 0.306 e. The molecule has 1 aromatic heterocycles. The van der Waals surface area contributed by atoms with Crippen molar-refractivity contribution in [1.29, 1.82) is 0 Å². The van der Waals surface area contributed by atoms with Gasteiger partial charge in [0.1, 0.15) is 23.4 Å². The topological polar surface area (TPSA) is 112 Å². The number of hydrogen-bond acceptors (Lipinski definition) is 5. The van der Waals surface area contributed by atoms with E-state index >= 15 is 0 Å². The molecule has 2 aliphatic heterocycles. The molecule has 2 amide bonds. The minimum absolute atomic E-state index is 0.0538. The number of aromatic hydroxyl groups is 1. The van der Waals surface area contributed by atoms with Crippen molar-refractivity contribution in [1.82, 2.24) is 15.2 Å². The Morgan fingerprint density at radius 2 is 2.00 bits per heavy atom. The van der Waals surface area contributed by atoms with Gasteiger partial charge in [-0.05, 0) is 57.2 Å². The number of aromatic nitrogens is 1. The van der Waals surface area contributed by atoms with Gasteiger partial charge < -0.3 is 25.0 Å². The summed E-state index contributed by atoms with van der Waals surface area (Å²) in [5.74, 6) is -0.297. The number of H-pyrrole nitrogens is 1. The van der Waals surface area contributed by atoms with Crippen molar-refractivity contribution in [3.8, 4) is 5.75 Å². The number of fused-ring (bicyclic) bond motifs is 4. The molecule has 4 rings (SSSR count). The van der Waals surface area contributed by atoms with Gasteiger partial charge in [-0.15, -0.1) is 0 Å². The van der Waals surface area contributed by atoms with E-state index in [0.717, 1.165) is 22.2 Å². The van der Waals surface area contributed by atoms with E-state index in [1.54, 1.807) is 37.8 Å². The molecule has 33 heavy (non-hydrogen) atoms. The summed E-state index contributed by atoms with van der Waals surface area (Å²) in [7, 11) is 0. The SMILES string of the molecule is CC(C)C[C@H]1c2[nH]c3cc(O)ccc3c2C[C@H]2C(=O)N[C@@H](CCC(=O)OC(C)(C)C)C(=O)N21. The van der Waals surface area contributed by atoms with Crippen LogP contribution in [0.15, 0.2) is 18.2 Å². The average Bonchev–Trinajstić information content (AvgIpc) is 3.05. The van der Waals surface area contributed by atoms with Gasteiger partial charge in [-0.2, -0.15) is 0 Å². The number of phenolic OH excluding ortho intramolecular Hbond substituents is 1. The number of hydrogen-bond donors (Lipinski definition) is 3. The summed E-state index contributed by atoms with van der Waals surface area (Å²) in [5.41, 5.74) is 2.14. The van der Waals surface area contributed by atoms with Gasteiger partial charge in [-0.3, -0.25) is 14.4 Å². The van der Waals surface area contributed by atoms with Crippen molar-refractivity contribution >= 4 is 28.7 Å². The summed E-state index contributed by atoms with van der Waals surface area (Å²) in [4.78, 5) is 44.0. The third kappa shape index (κ3) is 4.56. The fourth-order valence-electron chi connectivity index (χ4n) is 4.98. The smallest absolute Gasteiger partial charge is 0.306 e. The van der Waals surface area contributed by atoms with E-state index in [0.29, 0.717) is 18.8 Å². The van der Waals surface area contributed by atoms with Crippen LogP contribution in [0.25, 0.3) is 10.9 Å². The van der Waals surface area contributed by atoms with Gasteiger partial charge in [-0.25, -0.2) is 0 Å². The summed E-state index contributed by atoms with van der Waals surface area (Å²) in [6.07, 6.45) is 1.36. The van der Waals surface area contributed by atoms with Crippen LogP contribution >= 0.6 is 0 Å². The molecule has 3 atom stereocenters. The van der Waals surface area contributed by atoms with E-state index < -0.39 is 17.7 Å². The van der Waals surface area contributed by atoms with E-state index in [9.17, 15) is 19.5 Å². The number of carbonyl (C=O) groups is 3. The van der Waals surface area contributed by atoms with Gasteiger partial charge in [-0.1, -0.05) is 13.8 Å². The minimum Gasteiger partial charge on any atom is -0.508 e. The zero-order valence-corrected chi connectivity index (χ0v) is 19.9. The Labute approximate surface area is 193 Å². The van der Waals surface area contributed by atoms with Crippen LogP contribution in [0.2, 0.25) is 0 Å². The molecule has 2 aliphatic rings. The molecule has 0 spiro atoms. The lowest BCUT2D eigenvalue weighted by Crippen LogP contribution is -2.66. The number of aromatic amines is 1. The molecule has 0 saturated carbocycles. The number of nitrogens with one attached hydrogen (secondary N) is 2. The molecule has 178 valence electrons. The molecule has 3 N–H and O–H groups in total. The first kappa shape index (κ1) is 23.1. The van der Waals surface area contributed by atoms with E-state index in [1.807, 2.05) is 6.07 Å². The molecule has 8 heteroatoms. The highest BCUT2D eigenvalue weighted by atomic mass is 16.6. The molecule has 1 aromatic carbocycles. The lowest BCUT2D eigenvalue weighted by molar-refractivity contribution is -0.157. The number of phenols is 1. The fourth-order valence-corrected chi connectivity index (χ4v) is 4.98. The van der Waals surface area contributed by atoms with Gasteiger partial charge in [0.05, 0.1) is 6.04 Å². The number of ether oxygens (including phenoxy) is 1. The summed E-state index contributed by atoms with van der Waals surface area (Å²) in [5, 5.41) is 13.7. The van der Waals surface area contributed by atoms with Crippen LogP contribution in [0, 0.1) is 5.92 Å². The molecule has 0 radical (unpaired) electrons. The molecule has 8 nitrogen and oxygen atoms in total. The van der Waals surface area contributed by atoms with Crippen LogP contribution in [0.3, 0.4) is 0 Å². The molecule has 1 saturated heterocycles. The van der Waals surface area contributed by atoms with Crippen LogP contribution in [0.4, 0.5) is 0 Å². The van der Waals surface area contributed by atoms with Crippen molar-refractivity contribution in [2.45, 2.75) is 84.0 Å². The number of piperazine rings is 1. The highest BCUT2D eigenvalue weighted by Gasteiger charge is 2.48. The maximum atomic E-state index is 13.6. The first-order chi connectivity index (χ1) is 15.4. The third-order valence-electron chi connectivity index (χ3n) is 6.25. The van der Waals surface area contributed by atoms with E-state index in [4.69, 9.17) is 4.74 Å². The van der Waals surface area contributed by atoms with Crippen LogP contribution in [0.1, 0.15) is 71.2 Å². The monoisotopic (exact) mass is 455 g/mol. The van der Waals surface area contributed by atoms with Crippen molar-refractivity contribution in [3.05, 3.63) is 29.5 Å². The predicted octanol–water partition coefficient (Wildman–Crippen LogP) is 3.33. The molecule has 0 bridgehead atoms. The molecule has 2 aromatic rings. The molecule has 0 aliphatic carbocycles. The number of amides is 2. The van der Waals surface area contributed by atoms with Gasteiger partial charge >= 0.3 is 5.97 Å². The van der Waals surface area contributed by atoms with E-state index in [1.165, 1.54) is 0 Å². The van der Waals surface area contributed by atoms with Gasteiger partial charge in [0.25, 0.3) is 0 Å². The third-order valence-corrected chi connectivity index (χ3v) is 6.25. The summed E-state index contributed by atoms with van der Waals surface area (Å²) < 4.78 is 5.36. The highest BCUT2D eigenvalue weighted by Crippen LogP contribution is 2.42. The first-order valence-corrected chi connectivity index (χ1v) is 11.6. The van der Waals surface area contributed by atoms with Crippen LogP contribution in [-0.2, 0) is 25.5 Å². The Bertz CT molecular complexity index is 1100. The molecule has 3 heterocycles. The second kappa shape index (κ2) is 8.39. The van der Waals surface area contributed by atoms with Crippen LogP contribution in [0.5, 0.6) is 5.75 Å². The largest absolute Gasteiger partial charge is 0.508 e. The molecular formula is C25H33N3O5. The Kier molecular flexibility index (Phi) is 5.88. The van der Waals surface area contributed by atoms with Gasteiger partial charge in [0, 0.05) is 35.5 Å². The van der Waals surface area contributed by atoms with E-state index in [-0.39, 0.29) is 42.4 Å². The van der Waals surface area contributed by atoms with Crippen molar-refractivity contribution in [2.24, 2.45) is 5.92 Å². The second-order valence-corrected chi connectivity index (χ2v) is 10.5. The summed E-state index contributed by atoms with van der Waals surface area (Å²) >= 11 is 0. The van der Waals surface area contributed by atoms with Crippen molar-refractivity contribution in [3.63, 3.8) is 0 Å². The Balaban J connectivity index is 1.64. The number of esters is 1. The normalized spacial score (nSPS) is 22.8. The number of benzene rings is 1. The molecule has 0 unspecified atom stereocenters. The fraction of sp³-hybridized carbons (Fsp3) is 0.560. The minimum atomic E-state index is -0.758. The maximum absolute atomic E-state index is 13.6. The Hall–Kier alpha value is -3.03. The summed E-state index contributed by atoms with van der Waals surface area (Å²) in [6, 6.07) is 3.53. The standard InChI is InChI=1S/C25H33N3O5/c1-13(2)10-19-22-16(15-7-6-14(29)11-18(15)26-22)12-20-23(31)27-17(24(32)28(19)20)8-9-21(30)33-25(3,4)5/h6-7,11,13,17,19-20,26,29H,8-10,12H2,1-5H3,(H,27,31)/t17-,19-,20-/m0/s1. The number of rotatable bonds is 5. The molecule has 1 fully saturated rings. The zero-order valence-electron chi connectivity index (χ0n) is 19.9. The lowest BCUT2D eigenvalue weighted by Gasteiger charge is -2.46. The van der Waals surface area contributed by atoms with Gasteiger partial charge in [0.2, 0.25) is 11.8 Å². The lowest BCUT2D eigenvalue weighted by atomic mass is 9.85. The average molecular weight is 456 g/mol.